The Balaban J connectivity index is 2.30. The lowest BCUT2D eigenvalue weighted by Crippen LogP contribution is -2.33. The average Bonchev–Trinajstić information content (AvgIpc) is 2.43. The number of aliphatic imine (C=N–C) groups is 1. The van der Waals surface area contributed by atoms with Gasteiger partial charge in [-0.2, -0.15) is 13.2 Å². The predicted octanol–water partition coefficient (Wildman–Crippen LogP) is 4.41. The highest BCUT2D eigenvalue weighted by atomic mass is 19.4. The van der Waals surface area contributed by atoms with Crippen LogP contribution in [0.4, 0.5) is 13.2 Å². The Morgan fingerprint density at radius 2 is 2.14 bits per heavy atom. The Bertz CT molecular complexity index is 655. The molecule has 114 valence electrons. The van der Waals surface area contributed by atoms with Crippen molar-refractivity contribution in [3.63, 3.8) is 0 Å². The van der Waals surface area contributed by atoms with Gasteiger partial charge >= 0.3 is 6.18 Å². The number of rotatable bonds is 3. The minimum Gasteiger partial charge on any atom is -0.304 e. The maximum absolute atomic E-state index is 13.0. The van der Waals surface area contributed by atoms with Gasteiger partial charge in [-0.15, -0.1) is 0 Å². The van der Waals surface area contributed by atoms with Gasteiger partial charge < -0.3 is 5.32 Å². The first-order valence-electron chi connectivity index (χ1n) is 7.72. The molecule has 0 bridgehead atoms. The van der Waals surface area contributed by atoms with Crippen LogP contribution in [0.3, 0.4) is 0 Å². The van der Waals surface area contributed by atoms with E-state index in [9.17, 15) is 13.2 Å². The second kappa shape index (κ2) is 6.02. The largest absolute Gasteiger partial charge is 0.416 e. The summed E-state index contributed by atoms with van der Waals surface area (Å²) in [6.07, 6.45) is -2.42. The Labute approximate surface area is 125 Å². The van der Waals surface area contributed by atoms with E-state index in [2.05, 4.69) is 10.3 Å². The summed E-state index contributed by atoms with van der Waals surface area (Å²) in [6, 6.07) is 2.08. The molecule has 2 rings (SSSR count). The number of benzene rings is 1. The van der Waals surface area contributed by atoms with Crippen molar-refractivity contribution in [2.24, 2.45) is 4.99 Å². The van der Waals surface area contributed by atoms with Crippen LogP contribution < -0.4 is 5.32 Å². The second-order valence-corrected chi connectivity index (χ2v) is 5.07. The van der Waals surface area contributed by atoms with Crippen molar-refractivity contribution in [1.82, 2.24) is 5.32 Å². The van der Waals surface area contributed by atoms with E-state index in [0.717, 1.165) is 6.07 Å². The third-order valence-corrected chi connectivity index (χ3v) is 3.43. The molecule has 1 heterocycles. The molecule has 0 saturated carbocycles. The number of nitrogens with zero attached hydrogens (tertiary/aromatic N) is 1. The topological polar surface area (TPSA) is 24.4 Å². The van der Waals surface area contributed by atoms with Gasteiger partial charge in [0.05, 0.1) is 6.93 Å². The first kappa shape index (κ1) is 13.1. The van der Waals surface area contributed by atoms with Crippen molar-refractivity contribution < 1.29 is 15.9 Å². The van der Waals surface area contributed by atoms with Crippen LogP contribution in [0.5, 0.6) is 0 Å². The summed E-state index contributed by atoms with van der Waals surface area (Å²) in [5, 5.41) is 2.96. The first-order chi connectivity index (χ1) is 10.6. The summed E-state index contributed by atoms with van der Waals surface area (Å²) >= 11 is 0. The molecule has 0 saturated heterocycles. The Morgan fingerprint density at radius 3 is 2.81 bits per heavy atom. The molecule has 2 nitrogen and oxygen atoms in total. The molecule has 1 aliphatic rings. The summed E-state index contributed by atoms with van der Waals surface area (Å²) in [6.45, 7) is 4.78. The van der Waals surface area contributed by atoms with Crippen LogP contribution in [0.2, 0.25) is 0 Å². The molecule has 0 spiro atoms. The average molecular weight is 298 g/mol. The molecule has 21 heavy (non-hydrogen) atoms. The van der Waals surface area contributed by atoms with Gasteiger partial charge in [-0.3, -0.25) is 4.99 Å². The lowest BCUT2D eigenvalue weighted by molar-refractivity contribution is -0.138. The molecule has 0 fully saturated rings. The van der Waals surface area contributed by atoms with Gasteiger partial charge in [0, 0.05) is 31.7 Å². The van der Waals surface area contributed by atoms with E-state index in [4.69, 9.17) is 2.74 Å². The summed E-state index contributed by atoms with van der Waals surface area (Å²) in [7, 11) is 0. The summed E-state index contributed by atoms with van der Waals surface area (Å²) in [5.74, 6) is 0. The molecular weight excluding hydrogens is 277 g/mol. The van der Waals surface area contributed by atoms with Gasteiger partial charge in [-0.05, 0) is 44.0 Å². The van der Waals surface area contributed by atoms with Crippen molar-refractivity contribution in [2.75, 3.05) is 0 Å². The quantitative estimate of drug-likeness (QED) is 0.878. The van der Waals surface area contributed by atoms with Crippen molar-refractivity contribution in [1.29, 1.82) is 0 Å². The van der Waals surface area contributed by atoms with Gasteiger partial charge in [0.1, 0.15) is 0 Å². The Hall–Kier alpha value is -1.62. The van der Waals surface area contributed by atoms with E-state index in [-0.39, 0.29) is 5.56 Å². The SMILES string of the molecule is [2H]C1C(C)=NC=CC1([2H])NC(C)c1cccc(C(F)(F)F)c1C. The van der Waals surface area contributed by atoms with Crippen LogP contribution >= 0.6 is 0 Å². The summed E-state index contributed by atoms with van der Waals surface area (Å²) in [4.78, 5) is 3.99. The standard InChI is InChI=1S/C16H19F3N2/c1-10-9-13(7-8-20-10)21-12(3)14-5-4-6-15(11(14)2)16(17,18)19/h4-8,12-13,21H,9H2,1-3H3/i9D,13D. The molecule has 3 atom stereocenters. The Kier molecular flexibility index (Phi) is 3.74. The zero-order valence-electron chi connectivity index (χ0n) is 14.1. The van der Waals surface area contributed by atoms with Crippen molar-refractivity contribution in [3.8, 4) is 0 Å². The summed E-state index contributed by atoms with van der Waals surface area (Å²) in [5.41, 5.74) is 0.410. The van der Waals surface area contributed by atoms with E-state index in [1.807, 2.05) is 0 Å². The predicted molar refractivity (Wildman–Crippen MR) is 78.4 cm³/mol. The number of halogens is 3. The van der Waals surface area contributed by atoms with Crippen LogP contribution in [0, 0.1) is 6.92 Å². The zero-order chi connectivity index (χ0) is 17.4. The fourth-order valence-corrected chi connectivity index (χ4v) is 2.39. The van der Waals surface area contributed by atoms with Crippen LogP contribution in [0.25, 0.3) is 0 Å². The highest BCUT2D eigenvalue weighted by molar-refractivity contribution is 5.84. The number of alkyl halides is 3. The molecule has 0 amide bonds. The van der Waals surface area contributed by atoms with E-state index in [0.29, 0.717) is 11.3 Å². The number of hydrogen-bond donors (Lipinski definition) is 1. The molecule has 1 N–H and O–H groups in total. The van der Waals surface area contributed by atoms with Gasteiger partial charge in [-0.1, -0.05) is 12.1 Å². The maximum atomic E-state index is 13.0. The monoisotopic (exact) mass is 298 g/mol. The first-order valence-corrected chi connectivity index (χ1v) is 6.65. The molecule has 1 aromatic carbocycles. The molecule has 1 aromatic rings. The van der Waals surface area contributed by atoms with Crippen LogP contribution in [0.15, 0.2) is 35.5 Å². The molecule has 0 aromatic heterocycles. The van der Waals surface area contributed by atoms with Crippen molar-refractivity contribution in [2.45, 2.75) is 45.4 Å². The van der Waals surface area contributed by atoms with E-state index in [1.165, 1.54) is 25.3 Å². The summed E-state index contributed by atoms with van der Waals surface area (Å²) < 4.78 is 55.5. The highest BCUT2D eigenvalue weighted by Gasteiger charge is 2.33. The lowest BCUT2D eigenvalue weighted by atomic mass is 9.96. The van der Waals surface area contributed by atoms with E-state index >= 15 is 0 Å². The molecule has 0 aliphatic carbocycles. The van der Waals surface area contributed by atoms with Gasteiger partial charge in [0.2, 0.25) is 0 Å². The van der Waals surface area contributed by atoms with Crippen LogP contribution in [-0.4, -0.2) is 11.7 Å². The minimum absolute atomic E-state index is 0.135. The Morgan fingerprint density at radius 1 is 1.43 bits per heavy atom. The molecule has 5 heteroatoms. The third-order valence-electron chi connectivity index (χ3n) is 3.43. The number of nitrogens with one attached hydrogen (secondary N) is 1. The van der Waals surface area contributed by atoms with Gasteiger partial charge in [-0.25, -0.2) is 0 Å². The van der Waals surface area contributed by atoms with Crippen LogP contribution in [0.1, 0.15) is 45.7 Å². The minimum atomic E-state index is -4.41. The maximum Gasteiger partial charge on any atom is 0.416 e. The third kappa shape index (κ3) is 3.73. The van der Waals surface area contributed by atoms with Gasteiger partial charge in [0.25, 0.3) is 0 Å². The molecule has 1 aliphatic heterocycles. The van der Waals surface area contributed by atoms with Gasteiger partial charge in [0.15, 0.2) is 0 Å². The lowest BCUT2D eigenvalue weighted by Gasteiger charge is -2.25. The second-order valence-electron chi connectivity index (χ2n) is 5.07. The normalized spacial score (nSPS) is 28.7. The van der Waals surface area contributed by atoms with E-state index in [1.54, 1.807) is 19.9 Å². The molecule has 3 unspecified atom stereocenters. The molecular formula is C16H19F3N2. The zero-order valence-corrected chi connectivity index (χ0v) is 12.1. The fraction of sp³-hybridized carbons (Fsp3) is 0.438. The molecule has 0 radical (unpaired) electrons. The smallest absolute Gasteiger partial charge is 0.304 e. The van der Waals surface area contributed by atoms with Crippen LogP contribution in [-0.2, 0) is 6.18 Å². The number of hydrogen-bond acceptors (Lipinski definition) is 2. The van der Waals surface area contributed by atoms with Crippen molar-refractivity contribution in [3.05, 3.63) is 47.2 Å². The highest BCUT2D eigenvalue weighted by Crippen LogP contribution is 2.34. The van der Waals surface area contributed by atoms with Crippen molar-refractivity contribution >= 4 is 5.71 Å². The fourth-order valence-electron chi connectivity index (χ4n) is 2.39. The van der Waals surface area contributed by atoms with E-state index < -0.39 is 30.2 Å².